The van der Waals surface area contributed by atoms with Crippen molar-refractivity contribution >= 4 is 26.9 Å². The molecule has 0 aliphatic heterocycles. The number of fused-ring (bicyclic) bond motifs is 1. The van der Waals surface area contributed by atoms with E-state index in [0.29, 0.717) is 5.92 Å². The summed E-state index contributed by atoms with van der Waals surface area (Å²) in [7, 11) is 1.96. The zero-order chi connectivity index (χ0) is 12.0. The summed E-state index contributed by atoms with van der Waals surface area (Å²) in [6, 6.07) is 4.23. The van der Waals surface area contributed by atoms with Crippen molar-refractivity contribution in [2.75, 3.05) is 7.05 Å². The minimum Gasteiger partial charge on any atom is -0.459 e. The fourth-order valence-corrected chi connectivity index (χ4v) is 2.98. The molecule has 3 heteroatoms. The molecular weight excluding hydrogens is 278 g/mol. The highest BCUT2D eigenvalue weighted by Crippen LogP contribution is 2.48. The van der Waals surface area contributed by atoms with Crippen LogP contribution in [0.3, 0.4) is 0 Å². The van der Waals surface area contributed by atoms with Gasteiger partial charge in [-0.05, 0) is 44.4 Å². The number of halogens is 1. The Balaban J connectivity index is 2.30. The first-order valence-corrected chi connectivity index (χ1v) is 6.86. The van der Waals surface area contributed by atoms with E-state index in [1.54, 1.807) is 0 Å². The van der Waals surface area contributed by atoms with Crippen molar-refractivity contribution in [3.63, 3.8) is 0 Å². The molecule has 0 radical (unpaired) electrons. The molecule has 2 aromatic rings. The van der Waals surface area contributed by atoms with Crippen molar-refractivity contribution in [1.82, 2.24) is 5.32 Å². The first-order valence-electron chi connectivity index (χ1n) is 6.07. The molecule has 0 spiro atoms. The maximum Gasteiger partial charge on any atom is 0.138 e. The van der Waals surface area contributed by atoms with Crippen LogP contribution in [-0.2, 0) is 6.54 Å². The molecule has 1 aromatic heterocycles. The summed E-state index contributed by atoms with van der Waals surface area (Å²) < 4.78 is 7.22. The van der Waals surface area contributed by atoms with Crippen molar-refractivity contribution in [2.45, 2.75) is 32.2 Å². The predicted molar refractivity (Wildman–Crippen MR) is 73.4 cm³/mol. The fraction of sp³-hybridized carbons (Fsp3) is 0.429. The van der Waals surface area contributed by atoms with Crippen molar-refractivity contribution < 1.29 is 4.42 Å². The second-order valence-corrected chi connectivity index (χ2v) is 5.67. The van der Waals surface area contributed by atoms with E-state index < -0.39 is 0 Å². The number of hydrogen-bond acceptors (Lipinski definition) is 2. The third-order valence-corrected chi connectivity index (χ3v) is 4.08. The molecule has 0 bridgehead atoms. The van der Waals surface area contributed by atoms with Gasteiger partial charge in [0.05, 0.1) is 6.54 Å². The van der Waals surface area contributed by atoms with Crippen LogP contribution in [0.5, 0.6) is 0 Å². The molecular formula is C14H16BrNO. The van der Waals surface area contributed by atoms with Gasteiger partial charge in [-0.25, -0.2) is 0 Å². The minimum absolute atomic E-state index is 0.706. The summed E-state index contributed by atoms with van der Waals surface area (Å²) in [6.07, 6.45) is 2.59. The molecule has 0 unspecified atom stereocenters. The van der Waals surface area contributed by atoms with Crippen LogP contribution in [-0.4, -0.2) is 7.05 Å². The smallest absolute Gasteiger partial charge is 0.138 e. The molecule has 17 heavy (non-hydrogen) atoms. The summed E-state index contributed by atoms with van der Waals surface area (Å²) in [4.78, 5) is 0. The van der Waals surface area contributed by atoms with Gasteiger partial charge in [0.2, 0.25) is 0 Å². The SMILES string of the molecule is CNCc1oc2c(C)ccc(Br)c2c1C1CC1. The Morgan fingerprint density at radius 1 is 1.41 bits per heavy atom. The Kier molecular flexibility index (Phi) is 2.75. The summed E-state index contributed by atoms with van der Waals surface area (Å²) in [5.74, 6) is 1.82. The minimum atomic E-state index is 0.706. The van der Waals surface area contributed by atoms with E-state index in [4.69, 9.17) is 4.42 Å². The van der Waals surface area contributed by atoms with Gasteiger partial charge in [0, 0.05) is 15.4 Å². The van der Waals surface area contributed by atoms with Crippen molar-refractivity contribution in [3.05, 3.63) is 33.5 Å². The lowest BCUT2D eigenvalue weighted by Gasteiger charge is -2.01. The molecule has 1 fully saturated rings. The van der Waals surface area contributed by atoms with Crippen LogP contribution in [0.4, 0.5) is 0 Å². The topological polar surface area (TPSA) is 25.2 Å². The van der Waals surface area contributed by atoms with Gasteiger partial charge in [0.25, 0.3) is 0 Å². The number of hydrogen-bond donors (Lipinski definition) is 1. The predicted octanol–water partition coefficient (Wildman–Crippen LogP) is 4.10. The van der Waals surface area contributed by atoms with Gasteiger partial charge in [0.1, 0.15) is 11.3 Å². The second kappa shape index (κ2) is 4.14. The molecule has 0 saturated heterocycles. The van der Waals surface area contributed by atoms with E-state index in [1.807, 2.05) is 7.05 Å². The molecule has 1 N–H and O–H groups in total. The summed E-state index contributed by atoms with van der Waals surface area (Å²) >= 11 is 3.66. The normalized spacial score (nSPS) is 15.7. The van der Waals surface area contributed by atoms with Crippen molar-refractivity contribution in [1.29, 1.82) is 0 Å². The summed E-state index contributed by atoms with van der Waals surface area (Å²) in [5, 5.41) is 4.49. The van der Waals surface area contributed by atoms with Crippen LogP contribution in [0.15, 0.2) is 21.0 Å². The van der Waals surface area contributed by atoms with Crippen molar-refractivity contribution in [2.24, 2.45) is 0 Å². The molecule has 1 heterocycles. The number of aryl methyl sites for hydroxylation is 1. The first kappa shape index (κ1) is 11.3. The molecule has 90 valence electrons. The average Bonchev–Trinajstić information content (AvgIpc) is 3.06. The Bertz CT molecular complexity index is 569. The van der Waals surface area contributed by atoms with Gasteiger partial charge >= 0.3 is 0 Å². The summed E-state index contributed by atoms with van der Waals surface area (Å²) in [6.45, 7) is 2.92. The molecule has 2 nitrogen and oxygen atoms in total. The number of furan rings is 1. The third kappa shape index (κ3) is 1.81. The van der Waals surface area contributed by atoms with E-state index in [0.717, 1.165) is 22.4 Å². The van der Waals surface area contributed by atoms with Gasteiger partial charge in [-0.2, -0.15) is 0 Å². The molecule has 3 rings (SSSR count). The lowest BCUT2D eigenvalue weighted by atomic mass is 10.0. The molecule has 1 saturated carbocycles. The highest BCUT2D eigenvalue weighted by Gasteiger charge is 2.31. The molecule has 1 aliphatic rings. The Morgan fingerprint density at radius 2 is 2.18 bits per heavy atom. The van der Waals surface area contributed by atoms with E-state index in [9.17, 15) is 0 Å². The van der Waals surface area contributed by atoms with Crippen LogP contribution < -0.4 is 5.32 Å². The van der Waals surface area contributed by atoms with Gasteiger partial charge in [-0.1, -0.05) is 22.0 Å². The second-order valence-electron chi connectivity index (χ2n) is 4.81. The lowest BCUT2D eigenvalue weighted by Crippen LogP contribution is -2.05. The Labute approximate surface area is 110 Å². The largest absolute Gasteiger partial charge is 0.459 e. The fourth-order valence-electron chi connectivity index (χ4n) is 2.46. The third-order valence-electron chi connectivity index (χ3n) is 3.42. The van der Waals surface area contributed by atoms with Crippen LogP contribution >= 0.6 is 15.9 Å². The zero-order valence-electron chi connectivity index (χ0n) is 10.1. The van der Waals surface area contributed by atoms with Gasteiger partial charge in [-0.3, -0.25) is 0 Å². The van der Waals surface area contributed by atoms with E-state index in [2.05, 4.69) is 40.3 Å². The lowest BCUT2D eigenvalue weighted by molar-refractivity contribution is 0.522. The van der Waals surface area contributed by atoms with Crippen LogP contribution in [0.1, 0.15) is 35.6 Å². The molecule has 0 atom stereocenters. The standard InChI is InChI=1S/C14H16BrNO/c1-8-3-6-10(15)13-12(9-4-5-9)11(7-16-2)17-14(8)13/h3,6,9,16H,4-5,7H2,1-2H3. The van der Waals surface area contributed by atoms with E-state index in [-0.39, 0.29) is 0 Å². The zero-order valence-corrected chi connectivity index (χ0v) is 11.7. The molecule has 1 aromatic carbocycles. The van der Waals surface area contributed by atoms with Gasteiger partial charge in [0.15, 0.2) is 0 Å². The number of benzene rings is 1. The van der Waals surface area contributed by atoms with Crippen LogP contribution in [0.25, 0.3) is 11.0 Å². The highest BCUT2D eigenvalue weighted by atomic mass is 79.9. The van der Waals surface area contributed by atoms with Gasteiger partial charge in [-0.15, -0.1) is 0 Å². The monoisotopic (exact) mass is 293 g/mol. The Hall–Kier alpha value is -0.800. The van der Waals surface area contributed by atoms with Gasteiger partial charge < -0.3 is 9.73 Å². The van der Waals surface area contributed by atoms with Crippen LogP contribution in [0, 0.1) is 6.92 Å². The van der Waals surface area contributed by atoms with Crippen molar-refractivity contribution in [3.8, 4) is 0 Å². The van der Waals surface area contributed by atoms with E-state index in [1.165, 1.54) is 29.4 Å². The maximum absolute atomic E-state index is 6.06. The van der Waals surface area contributed by atoms with E-state index >= 15 is 0 Å². The molecule has 0 amide bonds. The average molecular weight is 294 g/mol. The Morgan fingerprint density at radius 3 is 2.82 bits per heavy atom. The maximum atomic E-state index is 6.06. The number of nitrogens with one attached hydrogen (secondary N) is 1. The summed E-state index contributed by atoms with van der Waals surface area (Å²) in [5.41, 5.74) is 3.68. The number of rotatable bonds is 3. The van der Waals surface area contributed by atoms with Crippen LogP contribution in [0.2, 0.25) is 0 Å². The quantitative estimate of drug-likeness (QED) is 0.922. The molecule has 1 aliphatic carbocycles. The first-order chi connectivity index (χ1) is 8.22. The highest BCUT2D eigenvalue weighted by molar-refractivity contribution is 9.10.